The van der Waals surface area contributed by atoms with E-state index in [1.54, 1.807) is 48.8 Å². The van der Waals surface area contributed by atoms with Crippen LogP contribution in [0.15, 0.2) is 60.9 Å². The van der Waals surface area contributed by atoms with Gasteiger partial charge >= 0.3 is 0 Å². The number of amides is 2. The molecule has 2 aliphatic heterocycles. The van der Waals surface area contributed by atoms with Gasteiger partial charge in [0.1, 0.15) is 5.60 Å². The number of para-hydroxylation sites is 1. The fraction of sp³-hybridized carbons (Fsp3) is 0.321. The Bertz CT molecular complexity index is 1330. The topological polar surface area (TPSA) is 74.8 Å². The van der Waals surface area contributed by atoms with Crippen molar-refractivity contribution in [2.24, 2.45) is 0 Å². The van der Waals surface area contributed by atoms with Crippen molar-refractivity contribution in [3.8, 4) is 5.75 Å². The van der Waals surface area contributed by atoms with E-state index in [4.69, 9.17) is 27.9 Å². The van der Waals surface area contributed by atoms with Gasteiger partial charge < -0.3 is 15.0 Å². The van der Waals surface area contributed by atoms with E-state index in [9.17, 15) is 9.59 Å². The monoisotopic (exact) mass is 538 g/mol. The Kier molecular flexibility index (Phi) is 7.12. The molecule has 1 spiro atoms. The van der Waals surface area contributed by atoms with Crippen molar-refractivity contribution in [3.63, 3.8) is 0 Å². The first-order chi connectivity index (χ1) is 17.7. The second kappa shape index (κ2) is 10.3. The number of benzene rings is 2. The highest BCUT2D eigenvalue weighted by Crippen LogP contribution is 2.40. The quantitative estimate of drug-likeness (QED) is 0.462. The number of halogens is 2. The summed E-state index contributed by atoms with van der Waals surface area (Å²) in [7, 11) is 0. The molecule has 7 nitrogen and oxygen atoms in total. The number of aromatic nitrogens is 1. The van der Waals surface area contributed by atoms with Gasteiger partial charge in [-0.15, -0.1) is 0 Å². The predicted molar refractivity (Wildman–Crippen MR) is 145 cm³/mol. The first-order valence-corrected chi connectivity index (χ1v) is 13.0. The highest BCUT2D eigenvalue weighted by atomic mass is 35.5. The largest absolute Gasteiger partial charge is 0.481 e. The maximum atomic E-state index is 13.5. The average molecular weight is 539 g/mol. The molecule has 3 aromatic rings. The van der Waals surface area contributed by atoms with Crippen molar-refractivity contribution in [1.82, 2.24) is 14.8 Å². The molecule has 0 radical (unpaired) electrons. The Morgan fingerprint density at radius 3 is 2.57 bits per heavy atom. The van der Waals surface area contributed by atoms with Gasteiger partial charge in [-0.2, -0.15) is 0 Å². The van der Waals surface area contributed by atoms with E-state index in [-0.39, 0.29) is 17.9 Å². The standard InChI is InChI=1S/C28H28Cl2N4O3/c1-18(2)34-13-10-28(16-33(17-28)15-19-6-7-22(29)23(30)14-19)37-25-21(27(34)36)4-3-5-24(25)32-26(35)20-8-11-31-12-9-20/h3-9,11-12,14,18H,10,13,15-17H2,1-2H3,(H,32,35). The Morgan fingerprint density at radius 1 is 1.11 bits per heavy atom. The summed E-state index contributed by atoms with van der Waals surface area (Å²) in [6, 6.07) is 14.3. The Hall–Kier alpha value is -3.13. The van der Waals surface area contributed by atoms with E-state index >= 15 is 0 Å². The molecule has 5 rings (SSSR count). The van der Waals surface area contributed by atoms with Crippen LogP contribution in [0.5, 0.6) is 5.75 Å². The molecule has 0 bridgehead atoms. The summed E-state index contributed by atoms with van der Waals surface area (Å²) in [5, 5.41) is 4.01. The van der Waals surface area contributed by atoms with Gasteiger partial charge in [-0.3, -0.25) is 19.5 Å². The van der Waals surface area contributed by atoms with Gasteiger partial charge in [0.15, 0.2) is 5.75 Å². The van der Waals surface area contributed by atoms with Gasteiger partial charge in [0.2, 0.25) is 0 Å². The second-order valence-corrected chi connectivity index (χ2v) is 10.7. The zero-order valence-electron chi connectivity index (χ0n) is 20.7. The fourth-order valence-electron chi connectivity index (χ4n) is 4.95. The number of fused-ring (bicyclic) bond motifs is 1. The smallest absolute Gasteiger partial charge is 0.257 e. The molecule has 1 aromatic heterocycles. The highest BCUT2D eigenvalue weighted by Gasteiger charge is 2.47. The fourth-order valence-corrected chi connectivity index (χ4v) is 5.27. The number of rotatable bonds is 5. The van der Waals surface area contributed by atoms with Crippen LogP contribution in [0.25, 0.3) is 0 Å². The van der Waals surface area contributed by atoms with Crippen molar-refractivity contribution in [3.05, 3.63) is 87.7 Å². The van der Waals surface area contributed by atoms with Crippen LogP contribution in [-0.2, 0) is 6.54 Å². The summed E-state index contributed by atoms with van der Waals surface area (Å²) >= 11 is 12.3. The molecule has 1 N–H and O–H groups in total. The maximum Gasteiger partial charge on any atom is 0.257 e. The molecular formula is C28H28Cl2N4O3. The van der Waals surface area contributed by atoms with Crippen molar-refractivity contribution < 1.29 is 14.3 Å². The van der Waals surface area contributed by atoms with E-state index in [0.29, 0.717) is 65.2 Å². The number of pyridine rings is 1. The summed E-state index contributed by atoms with van der Waals surface area (Å²) in [6.07, 6.45) is 3.81. The van der Waals surface area contributed by atoms with E-state index in [1.165, 1.54) is 0 Å². The number of likely N-dealkylation sites (tertiary alicyclic amines) is 1. The third-order valence-corrected chi connectivity index (χ3v) is 7.60. The van der Waals surface area contributed by atoms with Crippen molar-refractivity contribution in [2.75, 3.05) is 25.0 Å². The van der Waals surface area contributed by atoms with Crippen molar-refractivity contribution in [1.29, 1.82) is 0 Å². The number of hydrogen-bond acceptors (Lipinski definition) is 5. The molecule has 192 valence electrons. The molecule has 0 aliphatic carbocycles. The van der Waals surface area contributed by atoms with Gasteiger partial charge in [-0.25, -0.2) is 0 Å². The number of hydrogen-bond donors (Lipinski definition) is 1. The van der Waals surface area contributed by atoms with Crippen LogP contribution in [0.2, 0.25) is 10.0 Å². The zero-order valence-corrected chi connectivity index (χ0v) is 22.2. The lowest BCUT2D eigenvalue weighted by Crippen LogP contribution is -2.66. The second-order valence-electron chi connectivity index (χ2n) is 9.89. The van der Waals surface area contributed by atoms with Crippen LogP contribution in [0.4, 0.5) is 5.69 Å². The first-order valence-electron chi connectivity index (χ1n) is 12.3. The molecule has 1 fully saturated rings. The molecule has 0 saturated carbocycles. The van der Waals surface area contributed by atoms with E-state index in [1.807, 2.05) is 30.9 Å². The van der Waals surface area contributed by atoms with Gasteiger partial charge in [-0.05, 0) is 55.8 Å². The van der Waals surface area contributed by atoms with Crippen LogP contribution in [0.1, 0.15) is 46.5 Å². The predicted octanol–water partition coefficient (Wildman–Crippen LogP) is 5.53. The van der Waals surface area contributed by atoms with Crippen LogP contribution in [0.3, 0.4) is 0 Å². The lowest BCUT2D eigenvalue weighted by Gasteiger charge is -2.52. The Balaban J connectivity index is 1.43. The number of carbonyl (C=O) groups is 2. The molecule has 37 heavy (non-hydrogen) atoms. The molecule has 3 heterocycles. The van der Waals surface area contributed by atoms with E-state index < -0.39 is 5.60 Å². The number of ether oxygens (including phenoxy) is 1. The lowest BCUT2D eigenvalue weighted by molar-refractivity contribution is -0.0918. The van der Waals surface area contributed by atoms with Crippen molar-refractivity contribution >= 4 is 40.7 Å². The number of anilines is 1. The minimum atomic E-state index is -0.490. The maximum absolute atomic E-state index is 13.5. The van der Waals surface area contributed by atoms with Crippen LogP contribution < -0.4 is 10.1 Å². The third kappa shape index (κ3) is 5.30. The third-order valence-electron chi connectivity index (χ3n) is 6.86. The first kappa shape index (κ1) is 25.5. The summed E-state index contributed by atoms with van der Waals surface area (Å²) in [5.74, 6) is 0.0137. The van der Waals surface area contributed by atoms with Gasteiger partial charge in [0.05, 0.1) is 21.3 Å². The van der Waals surface area contributed by atoms with E-state index in [2.05, 4.69) is 15.2 Å². The molecule has 2 aliphatic rings. The summed E-state index contributed by atoms with van der Waals surface area (Å²) in [4.78, 5) is 34.6. The normalized spacial score (nSPS) is 17.0. The molecular weight excluding hydrogens is 511 g/mol. The Morgan fingerprint density at radius 2 is 1.86 bits per heavy atom. The minimum Gasteiger partial charge on any atom is -0.481 e. The highest BCUT2D eigenvalue weighted by molar-refractivity contribution is 6.42. The number of nitrogens with zero attached hydrogens (tertiary/aromatic N) is 3. The summed E-state index contributed by atoms with van der Waals surface area (Å²) < 4.78 is 6.67. The van der Waals surface area contributed by atoms with Gasteiger partial charge in [0, 0.05) is 56.6 Å². The molecule has 0 atom stereocenters. The zero-order chi connectivity index (χ0) is 26.2. The van der Waals surface area contributed by atoms with E-state index in [0.717, 1.165) is 5.56 Å². The van der Waals surface area contributed by atoms with Crippen molar-refractivity contribution in [2.45, 2.75) is 38.5 Å². The lowest BCUT2D eigenvalue weighted by atomic mass is 9.87. The Labute approximate surface area is 226 Å². The molecule has 2 amide bonds. The van der Waals surface area contributed by atoms with Crippen LogP contribution in [-0.4, -0.2) is 57.9 Å². The molecule has 1 saturated heterocycles. The van der Waals surface area contributed by atoms with Gasteiger partial charge in [-0.1, -0.05) is 35.3 Å². The van der Waals surface area contributed by atoms with Gasteiger partial charge in [0.25, 0.3) is 11.8 Å². The molecule has 0 unspecified atom stereocenters. The molecule has 2 aromatic carbocycles. The van der Waals surface area contributed by atoms with Crippen LogP contribution in [0, 0.1) is 0 Å². The van der Waals surface area contributed by atoms with Crippen LogP contribution >= 0.6 is 23.2 Å². The number of nitrogens with one attached hydrogen (secondary N) is 1. The minimum absolute atomic E-state index is 0.0259. The molecule has 9 heteroatoms. The average Bonchev–Trinajstić information content (AvgIpc) is 2.85. The SMILES string of the molecule is CC(C)N1CCC2(CN(Cc3ccc(Cl)c(Cl)c3)C2)Oc2c(NC(=O)c3ccncc3)cccc2C1=O. The summed E-state index contributed by atoms with van der Waals surface area (Å²) in [6.45, 7) is 6.68. The summed E-state index contributed by atoms with van der Waals surface area (Å²) in [5.41, 5.74) is 1.97. The number of carbonyl (C=O) groups excluding carboxylic acids is 2.